The molecule has 138 valence electrons. The molecule has 0 aliphatic rings. The van der Waals surface area contributed by atoms with E-state index in [1.165, 1.54) is 18.1 Å². The maximum atomic E-state index is 12.3. The Labute approximate surface area is 159 Å². The molecule has 27 heavy (non-hydrogen) atoms. The molecule has 0 bridgehead atoms. The van der Waals surface area contributed by atoms with Gasteiger partial charge in [0.05, 0.1) is 11.4 Å². The lowest BCUT2D eigenvalue weighted by molar-refractivity contribution is -0.113. The SMILES string of the molecule is CC(C)(C)c1cc(NC(=O)CSc2ncnc3c2oc2ccccc23)on1. The topological polar surface area (TPSA) is 94.1 Å². The third-order valence-corrected chi connectivity index (χ3v) is 4.98. The van der Waals surface area contributed by atoms with Crippen LogP contribution in [0.5, 0.6) is 0 Å². The van der Waals surface area contributed by atoms with Gasteiger partial charge in [0.25, 0.3) is 0 Å². The molecular weight excluding hydrogens is 364 g/mol. The molecule has 4 aromatic rings. The van der Waals surface area contributed by atoms with Gasteiger partial charge in [-0.05, 0) is 12.1 Å². The first-order valence-corrected chi connectivity index (χ1v) is 9.42. The van der Waals surface area contributed by atoms with E-state index in [1.54, 1.807) is 6.07 Å². The molecule has 1 N–H and O–H groups in total. The van der Waals surface area contributed by atoms with E-state index in [1.807, 2.05) is 45.0 Å². The highest BCUT2D eigenvalue weighted by Gasteiger charge is 2.20. The smallest absolute Gasteiger partial charge is 0.237 e. The zero-order valence-corrected chi connectivity index (χ0v) is 16.0. The molecule has 0 saturated carbocycles. The number of benzene rings is 1. The Bertz CT molecular complexity index is 1130. The molecule has 0 aliphatic carbocycles. The summed E-state index contributed by atoms with van der Waals surface area (Å²) in [6.45, 7) is 6.08. The van der Waals surface area contributed by atoms with Crippen LogP contribution in [0.15, 0.2) is 50.6 Å². The summed E-state index contributed by atoms with van der Waals surface area (Å²) in [4.78, 5) is 20.8. The van der Waals surface area contributed by atoms with E-state index in [0.29, 0.717) is 16.5 Å². The quantitative estimate of drug-likeness (QED) is 0.413. The average molecular weight is 382 g/mol. The molecule has 3 heterocycles. The van der Waals surface area contributed by atoms with Gasteiger partial charge in [0.1, 0.15) is 22.5 Å². The Balaban J connectivity index is 1.48. The minimum Gasteiger partial charge on any atom is -0.451 e. The van der Waals surface area contributed by atoms with Crippen LogP contribution in [0, 0.1) is 0 Å². The van der Waals surface area contributed by atoms with E-state index in [0.717, 1.165) is 22.2 Å². The molecule has 7 nitrogen and oxygen atoms in total. The molecule has 0 aliphatic heterocycles. The number of nitrogens with one attached hydrogen (secondary N) is 1. The van der Waals surface area contributed by atoms with Gasteiger partial charge in [0.2, 0.25) is 11.8 Å². The number of carbonyl (C=O) groups is 1. The van der Waals surface area contributed by atoms with Crippen molar-refractivity contribution in [2.45, 2.75) is 31.2 Å². The Morgan fingerprint density at radius 3 is 2.81 bits per heavy atom. The number of carbonyl (C=O) groups excluding carboxylic acids is 1. The monoisotopic (exact) mass is 382 g/mol. The molecule has 0 radical (unpaired) electrons. The first-order valence-electron chi connectivity index (χ1n) is 8.44. The largest absolute Gasteiger partial charge is 0.451 e. The van der Waals surface area contributed by atoms with Crippen molar-refractivity contribution in [3.8, 4) is 0 Å². The van der Waals surface area contributed by atoms with Crippen LogP contribution in [0.25, 0.3) is 22.1 Å². The molecule has 4 rings (SSSR count). The number of anilines is 1. The normalized spacial score (nSPS) is 12.0. The van der Waals surface area contributed by atoms with Gasteiger partial charge in [-0.3, -0.25) is 10.1 Å². The second-order valence-corrected chi connectivity index (χ2v) is 8.08. The van der Waals surface area contributed by atoms with Crippen molar-refractivity contribution in [3.05, 3.63) is 42.4 Å². The Morgan fingerprint density at radius 2 is 2.04 bits per heavy atom. The Hall–Kier alpha value is -2.87. The number of furan rings is 1. The van der Waals surface area contributed by atoms with Gasteiger partial charge in [-0.2, -0.15) is 0 Å². The van der Waals surface area contributed by atoms with Crippen LogP contribution in [-0.2, 0) is 10.2 Å². The Morgan fingerprint density at radius 1 is 1.22 bits per heavy atom. The van der Waals surface area contributed by atoms with E-state index in [9.17, 15) is 4.79 Å². The maximum Gasteiger partial charge on any atom is 0.237 e. The summed E-state index contributed by atoms with van der Waals surface area (Å²) in [5.41, 5.74) is 2.72. The van der Waals surface area contributed by atoms with Crippen molar-refractivity contribution >= 4 is 45.6 Å². The van der Waals surface area contributed by atoms with Gasteiger partial charge in [0, 0.05) is 16.9 Å². The molecule has 0 atom stereocenters. The maximum absolute atomic E-state index is 12.3. The van der Waals surface area contributed by atoms with Gasteiger partial charge in [0.15, 0.2) is 5.58 Å². The van der Waals surface area contributed by atoms with Gasteiger partial charge in [-0.15, -0.1) is 0 Å². The molecular formula is C19H18N4O3S. The fraction of sp³-hybridized carbons (Fsp3) is 0.263. The summed E-state index contributed by atoms with van der Waals surface area (Å²) in [5.74, 6) is 0.288. The standard InChI is InChI=1S/C19H18N4O3S/c1-19(2,3)13-8-15(26-23-13)22-14(24)9-27-18-17-16(20-10-21-18)11-6-4-5-7-12(11)25-17/h4-8,10H,9H2,1-3H3,(H,22,24). The fourth-order valence-corrected chi connectivity index (χ4v) is 3.33. The molecule has 3 aromatic heterocycles. The number of fused-ring (bicyclic) bond motifs is 3. The van der Waals surface area contributed by atoms with Crippen molar-refractivity contribution < 1.29 is 13.7 Å². The average Bonchev–Trinajstić information content (AvgIpc) is 3.24. The number of hydrogen-bond acceptors (Lipinski definition) is 7. The lowest BCUT2D eigenvalue weighted by atomic mass is 9.92. The number of thioether (sulfide) groups is 1. The molecule has 0 saturated heterocycles. The summed E-state index contributed by atoms with van der Waals surface area (Å²) in [5, 5.41) is 8.26. The lowest BCUT2D eigenvalue weighted by Crippen LogP contribution is -2.14. The van der Waals surface area contributed by atoms with Crippen molar-refractivity contribution in [3.63, 3.8) is 0 Å². The van der Waals surface area contributed by atoms with E-state index in [4.69, 9.17) is 8.94 Å². The van der Waals surface area contributed by atoms with Crippen LogP contribution in [0.1, 0.15) is 26.5 Å². The van der Waals surface area contributed by atoms with E-state index < -0.39 is 0 Å². The molecule has 8 heteroatoms. The Kier molecular flexibility index (Phi) is 4.35. The summed E-state index contributed by atoms with van der Waals surface area (Å²) < 4.78 is 11.1. The number of rotatable bonds is 4. The van der Waals surface area contributed by atoms with Crippen LogP contribution in [0.4, 0.5) is 5.88 Å². The summed E-state index contributed by atoms with van der Waals surface area (Å²) in [6, 6.07) is 9.41. The van der Waals surface area contributed by atoms with Gasteiger partial charge >= 0.3 is 0 Å². The van der Waals surface area contributed by atoms with E-state index in [-0.39, 0.29) is 17.1 Å². The van der Waals surface area contributed by atoms with E-state index in [2.05, 4.69) is 20.4 Å². The van der Waals surface area contributed by atoms with Gasteiger partial charge in [-0.1, -0.05) is 49.8 Å². The third-order valence-electron chi connectivity index (χ3n) is 4.01. The lowest BCUT2D eigenvalue weighted by Gasteiger charge is -2.12. The molecule has 1 aromatic carbocycles. The fourth-order valence-electron chi connectivity index (χ4n) is 2.60. The molecule has 1 amide bonds. The second-order valence-electron chi connectivity index (χ2n) is 7.12. The van der Waals surface area contributed by atoms with Crippen molar-refractivity contribution in [1.82, 2.24) is 15.1 Å². The zero-order valence-electron chi connectivity index (χ0n) is 15.1. The number of aromatic nitrogens is 3. The number of para-hydroxylation sites is 1. The van der Waals surface area contributed by atoms with Crippen LogP contribution in [0.3, 0.4) is 0 Å². The van der Waals surface area contributed by atoms with Gasteiger partial charge in [-0.25, -0.2) is 9.97 Å². The first kappa shape index (κ1) is 17.5. The predicted molar refractivity (Wildman–Crippen MR) is 104 cm³/mol. The summed E-state index contributed by atoms with van der Waals surface area (Å²) in [7, 11) is 0. The van der Waals surface area contributed by atoms with E-state index >= 15 is 0 Å². The molecule has 0 fully saturated rings. The van der Waals surface area contributed by atoms with Crippen LogP contribution in [-0.4, -0.2) is 26.8 Å². The van der Waals surface area contributed by atoms with Gasteiger partial charge < -0.3 is 8.94 Å². The molecule has 0 unspecified atom stereocenters. The zero-order chi connectivity index (χ0) is 19.0. The van der Waals surface area contributed by atoms with Crippen LogP contribution < -0.4 is 5.32 Å². The van der Waals surface area contributed by atoms with Crippen molar-refractivity contribution in [1.29, 1.82) is 0 Å². The second kappa shape index (κ2) is 6.70. The minimum absolute atomic E-state index is 0.144. The van der Waals surface area contributed by atoms with Crippen molar-refractivity contribution in [2.24, 2.45) is 0 Å². The third kappa shape index (κ3) is 3.52. The summed E-state index contributed by atoms with van der Waals surface area (Å²) in [6.07, 6.45) is 1.48. The number of hydrogen-bond donors (Lipinski definition) is 1. The van der Waals surface area contributed by atoms with Crippen molar-refractivity contribution in [2.75, 3.05) is 11.1 Å². The minimum atomic E-state index is -0.209. The predicted octanol–water partition coefficient (Wildman–Crippen LogP) is 4.39. The number of nitrogens with zero attached hydrogens (tertiary/aromatic N) is 3. The highest BCUT2D eigenvalue weighted by Crippen LogP contribution is 2.32. The summed E-state index contributed by atoms with van der Waals surface area (Å²) >= 11 is 1.29. The first-order chi connectivity index (χ1) is 12.9. The number of amides is 1. The molecule has 0 spiro atoms. The highest BCUT2D eigenvalue weighted by atomic mass is 32.2. The van der Waals surface area contributed by atoms with Crippen LogP contribution in [0.2, 0.25) is 0 Å². The van der Waals surface area contributed by atoms with Crippen LogP contribution >= 0.6 is 11.8 Å². The highest BCUT2D eigenvalue weighted by molar-refractivity contribution is 8.00.